The molecule has 0 aromatic rings. The van der Waals surface area contributed by atoms with E-state index in [4.69, 9.17) is 9.47 Å². The van der Waals surface area contributed by atoms with Crippen molar-refractivity contribution in [2.75, 3.05) is 13.2 Å². The fourth-order valence-electron chi connectivity index (χ4n) is 2.43. The molecule has 1 saturated heterocycles. The van der Waals surface area contributed by atoms with E-state index in [0.29, 0.717) is 25.4 Å². The summed E-state index contributed by atoms with van der Waals surface area (Å²) < 4.78 is 11.3. The summed E-state index contributed by atoms with van der Waals surface area (Å²) in [5.74, 6) is 0.0338. The van der Waals surface area contributed by atoms with Crippen molar-refractivity contribution in [3.05, 3.63) is 12.7 Å². The highest BCUT2D eigenvalue weighted by Crippen LogP contribution is 2.36. The molecule has 0 N–H and O–H groups in total. The second-order valence-electron chi connectivity index (χ2n) is 4.33. The zero-order chi connectivity index (χ0) is 10.7. The van der Waals surface area contributed by atoms with E-state index in [1.807, 2.05) is 6.08 Å². The molecule has 1 unspecified atom stereocenters. The van der Waals surface area contributed by atoms with E-state index in [0.717, 1.165) is 25.7 Å². The molecule has 1 aliphatic heterocycles. The maximum atomic E-state index is 11.8. The van der Waals surface area contributed by atoms with Gasteiger partial charge < -0.3 is 9.47 Å². The Morgan fingerprint density at radius 2 is 2.13 bits per heavy atom. The Hall–Kier alpha value is -0.670. The van der Waals surface area contributed by atoms with Crippen molar-refractivity contribution in [2.45, 2.75) is 37.9 Å². The molecule has 84 valence electrons. The minimum Gasteiger partial charge on any atom is -0.348 e. The molecule has 0 amide bonds. The zero-order valence-corrected chi connectivity index (χ0v) is 9.04. The predicted octanol–water partition coefficient (Wildman–Crippen LogP) is 2.06. The molecule has 15 heavy (non-hydrogen) atoms. The van der Waals surface area contributed by atoms with Gasteiger partial charge in [-0.3, -0.25) is 4.79 Å². The molecule has 1 spiro atoms. The van der Waals surface area contributed by atoms with Crippen molar-refractivity contribution in [1.82, 2.24) is 0 Å². The summed E-state index contributed by atoms with van der Waals surface area (Å²) in [7, 11) is 0. The number of ether oxygens (including phenoxy) is 2. The van der Waals surface area contributed by atoms with Crippen LogP contribution >= 0.6 is 0 Å². The first-order chi connectivity index (χ1) is 7.26. The van der Waals surface area contributed by atoms with Gasteiger partial charge in [-0.15, -0.1) is 6.58 Å². The summed E-state index contributed by atoms with van der Waals surface area (Å²) in [6.07, 6.45) is 5.63. The van der Waals surface area contributed by atoms with Crippen LogP contribution in [0.5, 0.6) is 0 Å². The fourth-order valence-corrected chi connectivity index (χ4v) is 2.43. The molecule has 1 saturated carbocycles. The van der Waals surface area contributed by atoms with Crippen LogP contribution in [0, 0.1) is 5.92 Å². The lowest BCUT2D eigenvalue weighted by Gasteiger charge is -2.25. The number of hydrogen-bond donors (Lipinski definition) is 0. The van der Waals surface area contributed by atoms with E-state index in [2.05, 4.69) is 6.58 Å². The van der Waals surface area contributed by atoms with E-state index in [1.165, 1.54) is 0 Å². The molecule has 2 aliphatic rings. The Morgan fingerprint density at radius 3 is 2.80 bits per heavy atom. The van der Waals surface area contributed by atoms with Gasteiger partial charge in [-0.25, -0.2) is 0 Å². The summed E-state index contributed by atoms with van der Waals surface area (Å²) in [6.45, 7) is 5.03. The molecule has 3 nitrogen and oxygen atoms in total. The van der Waals surface area contributed by atoms with Crippen LogP contribution in [0.25, 0.3) is 0 Å². The number of ketones is 1. The maximum absolute atomic E-state index is 11.8. The number of hydrogen-bond acceptors (Lipinski definition) is 3. The monoisotopic (exact) mass is 210 g/mol. The number of rotatable bonds is 2. The normalized spacial score (nSPS) is 30.4. The lowest BCUT2D eigenvalue weighted by Crippen LogP contribution is -2.29. The number of carbonyl (C=O) groups is 1. The van der Waals surface area contributed by atoms with E-state index in [9.17, 15) is 4.79 Å². The first kappa shape index (κ1) is 10.8. The molecule has 0 aromatic heterocycles. The SMILES string of the molecule is C=CCC1CCC2(CCC1=O)OCCO2. The predicted molar refractivity (Wildman–Crippen MR) is 56.4 cm³/mol. The second-order valence-corrected chi connectivity index (χ2v) is 4.33. The largest absolute Gasteiger partial charge is 0.348 e. The van der Waals surface area contributed by atoms with Crippen LogP contribution in [0.15, 0.2) is 12.7 Å². The molecule has 3 heteroatoms. The topological polar surface area (TPSA) is 35.5 Å². The highest BCUT2D eigenvalue weighted by molar-refractivity contribution is 5.81. The number of allylic oxidation sites excluding steroid dienone is 1. The summed E-state index contributed by atoms with van der Waals surface area (Å²) in [4.78, 5) is 11.8. The van der Waals surface area contributed by atoms with E-state index in [-0.39, 0.29) is 5.92 Å². The smallest absolute Gasteiger partial charge is 0.168 e. The molecular weight excluding hydrogens is 192 g/mol. The summed E-state index contributed by atoms with van der Waals surface area (Å²) in [5.41, 5.74) is 0. The van der Waals surface area contributed by atoms with Gasteiger partial charge in [0.05, 0.1) is 13.2 Å². The molecule has 0 radical (unpaired) electrons. The number of Topliss-reactive ketones (excluding diaryl/α,β-unsaturated/α-hetero) is 1. The third-order valence-corrected chi connectivity index (χ3v) is 3.35. The van der Waals surface area contributed by atoms with Gasteiger partial charge in [0, 0.05) is 25.2 Å². The highest BCUT2D eigenvalue weighted by atomic mass is 16.7. The van der Waals surface area contributed by atoms with Gasteiger partial charge in [-0.1, -0.05) is 6.08 Å². The first-order valence-corrected chi connectivity index (χ1v) is 5.67. The Kier molecular flexibility index (Phi) is 3.22. The standard InChI is InChI=1S/C12H18O3/c1-2-3-10-4-6-12(7-5-11(10)13)14-8-9-15-12/h2,10H,1,3-9H2. The fraction of sp³-hybridized carbons (Fsp3) is 0.750. The Morgan fingerprint density at radius 1 is 1.40 bits per heavy atom. The lowest BCUT2D eigenvalue weighted by molar-refractivity contribution is -0.166. The van der Waals surface area contributed by atoms with Crippen LogP contribution < -0.4 is 0 Å². The molecule has 2 rings (SSSR count). The van der Waals surface area contributed by atoms with Crippen molar-refractivity contribution in [3.63, 3.8) is 0 Å². The molecular formula is C12H18O3. The second kappa shape index (κ2) is 4.45. The van der Waals surface area contributed by atoms with Crippen molar-refractivity contribution in [1.29, 1.82) is 0 Å². The average molecular weight is 210 g/mol. The van der Waals surface area contributed by atoms with E-state index in [1.54, 1.807) is 0 Å². The third-order valence-electron chi connectivity index (χ3n) is 3.35. The van der Waals surface area contributed by atoms with Crippen LogP contribution in [0.1, 0.15) is 32.1 Å². The summed E-state index contributed by atoms with van der Waals surface area (Å²) in [6, 6.07) is 0. The zero-order valence-electron chi connectivity index (χ0n) is 9.04. The van der Waals surface area contributed by atoms with Gasteiger partial charge in [-0.05, 0) is 12.8 Å². The molecule has 1 atom stereocenters. The minimum absolute atomic E-state index is 0.134. The van der Waals surface area contributed by atoms with Crippen molar-refractivity contribution < 1.29 is 14.3 Å². The van der Waals surface area contributed by atoms with Gasteiger partial charge in [0.15, 0.2) is 5.79 Å². The molecule has 0 aromatic carbocycles. The highest BCUT2D eigenvalue weighted by Gasteiger charge is 2.40. The Labute approximate surface area is 90.4 Å². The minimum atomic E-state index is -0.439. The molecule has 2 fully saturated rings. The first-order valence-electron chi connectivity index (χ1n) is 5.67. The molecule has 0 bridgehead atoms. The van der Waals surface area contributed by atoms with Gasteiger partial charge in [0.25, 0.3) is 0 Å². The van der Waals surface area contributed by atoms with Crippen LogP contribution in [-0.2, 0) is 14.3 Å². The molecule has 1 aliphatic carbocycles. The van der Waals surface area contributed by atoms with Gasteiger partial charge in [0.2, 0.25) is 0 Å². The average Bonchev–Trinajstić information content (AvgIpc) is 2.64. The summed E-state index contributed by atoms with van der Waals surface area (Å²) in [5, 5.41) is 0. The van der Waals surface area contributed by atoms with Crippen LogP contribution in [0.3, 0.4) is 0 Å². The van der Waals surface area contributed by atoms with Gasteiger partial charge >= 0.3 is 0 Å². The number of carbonyl (C=O) groups excluding carboxylic acids is 1. The van der Waals surface area contributed by atoms with Gasteiger partial charge in [0.1, 0.15) is 5.78 Å². The Bertz CT molecular complexity index is 254. The van der Waals surface area contributed by atoms with E-state index >= 15 is 0 Å². The molecule has 1 heterocycles. The van der Waals surface area contributed by atoms with Crippen molar-refractivity contribution in [2.24, 2.45) is 5.92 Å². The van der Waals surface area contributed by atoms with Crippen LogP contribution in [0.2, 0.25) is 0 Å². The van der Waals surface area contributed by atoms with E-state index < -0.39 is 5.79 Å². The quantitative estimate of drug-likeness (QED) is 0.654. The lowest BCUT2D eigenvalue weighted by atomic mass is 9.95. The van der Waals surface area contributed by atoms with Gasteiger partial charge in [-0.2, -0.15) is 0 Å². The van der Waals surface area contributed by atoms with Crippen LogP contribution in [0.4, 0.5) is 0 Å². The van der Waals surface area contributed by atoms with Crippen molar-refractivity contribution in [3.8, 4) is 0 Å². The van der Waals surface area contributed by atoms with Crippen LogP contribution in [-0.4, -0.2) is 24.8 Å². The Balaban J connectivity index is 2.01. The van der Waals surface area contributed by atoms with Crippen molar-refractivity contribution >= 4 is 5.78 Å². The maximum Gasteiger partial charge on any atom is 0.168 e. The summed E-state index contributed by atoms with van der Waals surface area (Å²) >= 11 is 0. The third kappa shape index (κ3) is 2.29.